The Labute approximate surface area is 1030 Å². The fourth-order valence-corrected chi connectivity index (χ4v) is 9.98. The fraction of sp³-hybridized carbons (Fsp3) is 0.338. The van der Waals surface area contributed by atoms with Gasteiger partial charge in [0.05, 0.1) is 84.1 Å². The molecule has 2 fully saturated rings. The average Bonchev–Trinajstić information content (AvgIpc) is 0.918. The van der Waals surface area contributed by atoms with E-state index in [0.29, 0.717) is 0 Å². The molecule has 7 N–H and O–H groups in total. The van der Waals surface area contributed by atoms with Crippen molar-refractivity contribution in [2.24, 2.45) is 11.8 Å². The van der Waals surface area contributed by atoms with Crippen molar-refractivity contribution in [1.29, 1.82) is 0 Å². The van der Waals surface area contributed by atoms with Gasteiger partial charge in [-0.05, 0) is 86.3 Å². The Hall–Kier alpha value is -2.78. The van der Waals surface area contributed by atoms with Crippen molar-refractivity contribution in [2.45, 2.75) is 151 Å². The van der Waals surface area contributed by atoms with E-state index in [1.54, 1.807) is 91.0 Å². The van der Waals surface area contributed by atoms with Crippen LogP contribution in [0.25, 0.3) is 0 Å². The first-order valence-electron chi connectivity index (χ1n) is 35.3. The molecule has 0 aliphatic heterocycles. The van der Waals surface area contributed by atoms with Crippen LogP contribution in [0.1, 0.15) is 161 Å². The van der Waals surface area contributed by atoms with Gasteiger partial charge in [-0.15, -0.1) is 0 Å². The second kappa shape index (κ2) is 86.5. The molecule has 7 atom stereocenters. The molecule has 5 aromatic carbocycles. The van der Waals surface area contributed by atoms with Crippen molar-refractivity contribution in [3.8, 4) is 0 Å². The van der Waals surface area contributed by atoms with E-state index in [-0.39, 0.29) is 412 Å². The number of nitrogens with one attached hydrogen (secondary N) is 7. The molecule has 130 heavy (non-hydrogen) atoms. The molecule has 0 saturated heterocycles. The molecule has 0 spiro atoms. The molecule has 2 aliphatic carbocycles. The molecule has 0 heterocycles. The summed E-state index contributed by atoms with van der Waals surface area (Å²) in [5.41, 5.74) is 1.17. The van der Waals surface area contributed by atoms with E-state index in [1.165, 1.54) is 60.7 Å². The molecule has 7 amide bonds. The number of hydrogen-bond donors (Lipinski definition) is 7. The van der Waals surface area contributed by atoms with E-state index in [4.69, 9.17) is 0 Å². The third-order valence-electron chi connectivity index (χ3n) is 15.9. The summed E-state index contributed by atoms with van der Waals surface area (Å²) in [4.78, 5) is 227. The van der Waals surface area contributed by atoms with Gasteiger partial charge in [0.1, 0.15) is 0 Å². The first-order chi connectivity index (χ1) is 56.0. The van der Waals surface area contributed by atoms with Crippen LogP contribution in [0.3, 0.4) is 0 Å². The number of rotatable bonds is 35. The molecule has 42 nitrogen and oxygen atoms in total. The fourth-order valence-electron chi connectivity index (χ4n) is 9.98. The quantitative estimate of drug-likeness (QED) is 0.0185. The van der Waals surface area contributed by atoms with Crippen LogP contribution in [0.4, 0.5) is 0 Å². The minimum atomic E-state index is -1.67. The van der Waals surface area contributed by atoms with Crippen molar-refractivity contribution < 1.29 is 431 Å². The SMILES string of the molecule is O=C([O-])CC(NC(=O)C1CCCCC1)C(=O)[O-].O=C([O-])CC(NC(=O)C1CCCCC1)C(=O)[O-].O=C([O-])CC(NC(=O)c1ccccc1)C(=O)[O-].O=C([O-])CC(NC(=O)c1ccccc1)C(=O)[O-].O=C([O-])CC(NC(=O)c1ccccc1)C(=O)[O-].O=C([O-])CC(NC(=O)c1ccccc1)C(=O)[O-].O=C([O-])CC(NC(=O)c1ccccc1)C(=O)[O-].[Ca+2].[Ca+2].[Ca+2].[K+].[K+].[Li+].[Li+].[Na+].[Na+].[Na+].[Na+]. The molecular weight excluding hydrogens is 1890 g/mol. The zero-order valence-electron chi connectivity index (χ0n) is 72.6. The molecule has 7 unspecified atom stereocenters. The summed E-state index contributed by atoms with van der Waals surface area (Å²) in [7, 11) is 0. The molecule has 0 aromatic heterocycles. The van der Waals surface area contributed by atoms with Crippen LogP contribution in [-0.2, 0) is 76.7 Å². The van der Waals surface area contributed by atoms with Gasteiger partial charge in [0.25, 0.3) is 29.5 Å². The zero-order valence-corrected chi connectivity index (χ0v) is 93.4. The van der Waals surface area contributed by atoms with Crippen LogP contribution in [0.15, 0.2) is 152 Å². The summed E-state index contributed by atoms with van der Waals surface area (Å²) in [6.07, 6.45) is 3.10. The molecule has 53 heteroatoms. The molecule has 0 radical (unpaired) electrons. The van der Waals surface area contributed by atoms with Crippen LogP contribution in [0, 0.1) is 11.8 Å². The Bertz CT molecular complexity index is 3800. The van der Waals surface area contributed by atoms with E-state index in [2.05, 4.69) is 10.6 Å². The van der Waals surface area contributed by atoms with Crippen molar-refractivity contribution in [2.75, 3.05) is 0 Å². The van der Waals surface area contributed by atoms with Crippen molar-refractivity contribution in [3.63, 3.8) is 0 Å². The number of amides is 7. The number of carboxylic acid groups (broad SMARTS) is 14. The van der Waals surface area contributed by atoms with Gasteiger partial charge in [0.15, 0.2) is 0 Å². The number of hydrogen-bond acceptors (Lipinski definition) is 35. The van der Waals surface area contributed by atoms with E-state index in [1.807, 2.05) is 26.6 Å². The summed E-state index contributed by atoms with van der Waals surface area (Å²) in [6, 6.07) is 28.1. The van der Waals surface area contributed by atoms with E-state index in [9.17, 15) is 172 Å². The normalized spacial score (nSPS) is 12.3. The van der Waals surface area contributed by atoms with Crippen LogP contribution in [0.5, 0.6) is 0 Å². The van der Waals surface area contributed by atoms with Gasteiger partial charge >= 0.3 is 372 Å². The van der Waals surface area contributed by atoms with E-state index >= 15 is 0 Å². The number of benzene rings is 5. The molecule has 7 rings (SSSR count). The average molecular weight is 1960 g/mol. The van der Waals surface area contributed by atoms with Crippen LogP contribution >= 0.6 is 0 Å². The molecule has 2 aliphatic rings. The number of carboxylic acids is 14. The second-order valence-electron chi connectivity index (χ2n) is 25.0. The second-order valence-corrected chi connectivity index (χ2v) is 25.0. The maximum atomic E-state index is 11.7. The van der Waals surface area contributed by atoms with Crippen molar-refractivity contribution >= 4 is 238 Å². The minimum Gasteiger partial charge on any atom is -0.550 e. The molecule has 0 bridgehead atoms. The number of carbonyl (C=O) groups excluding carboxylic acids is 21. The Kier molecular flexibility index (Phi) is 99.9. The summed E-state index contributed by atoms with van der Waals surface area (Å²) >= 11 is 0. The summed E-state index contributed by atoms with van der Waals surface area (Å²) in [5, 5.41) is 161. The predicted octanol–water partition coefficient (Wildman–Crippen LogP) is -40.9. The maximum absolute atomic E-state index is 11.7. The predicted molar refractivity (Wildman–Crippen MR) is 385 cm³/mol. The first kappa shape index (κ1) is 150. The minimum absolute atomic E-state index is 0. The van der Waals surface area contributed by atoms with Crippen molar-refractivity contribution in [3.05, 3.63) is 179 Å². The molecule has 5 aromatic rings. The van der Waals surface area contributed by atoms with Gasteiger partial charge in [0, 0.05) is 126 Å². The third kappa shape index (κ3) is 70.8. The number of aliphatic carboxylic acids is 14. The molecule has 642 valence electrons. The van der Waals surface area contributed by atoms with Gasteiger partial charge in [-0.3, -0.25) is 33.6 Å². The van der Waals surface area contributed by atoms with Gasteiger partial charge in [-0.25, -0.2) is 0 Å². The van der Waals surface area contributed by atoms with Crippen LogP contribution in [0.2, 0.25) is 0 Å². The van der Waals surface area contributed by atoms with Crippen LogP contribution < -0.4 is 367 Å². The van der Waals surface area contributed by atoms with Crippen molar-refractivity contribution in [1.82, 2.24) is 37.2 Å². The van der Waals surface area contributed by atoms with Gasteiger partial charge < -0.3 is 176 Å². The van der Waals surface area contributed by atoms with Gasteiger partial charge in [0.2, 0.25) is 11.8 Å². The summed E-state index contributed by atoms with van der Waals surface area (Å²) in [6.45, 7) is 0. The molecular formula is C77H75Ca3K2Li2N7Na4O35. The van der Waals surface area contributed by atoms with Crippen LogP contribution in [-0.4, -0.2) is 280 Å². The Morgan fingerprint density at radius 1 is 0.223 bits per heavy atom. The topological polar surface area (TPSA) is 766 Å². The molecule has 2 saturated carbocycles. The van der Waals surface area contributed by atoms with E-state index < -0.39 is 212 Å². The summed E-state index contributed by atoms with van der Waals surface area (Å²) < 4.78 is 0. The Morgan fingerprint density at radius 3 is 0.462 bits per heavy atom. The third-order valence-corrected chi connectivity index (χ3v) is 15.9. The largest absolute Gasteiger partial charge is 2.00 e. The number of carbonyl (C=O) groups is 21. The smallest absolute Gasteiger partial charge is 0.550 e. The van der Waals surface area contributed by atoms with Gasteiger partial charge in [-0.2, -0.15) is 0 Å². The Morgan fingerprint density at radius 2 is 0.346 bits per heavy atom. The maximum Gasteiger partial charge on any atom is 2.00 e. The Balaban J connectivity index is -0.000000139. The standard InChI is InChI=1S/2C11H17NO5.5C11H11NO5.3Ca.2K.2Li.4Na/c7*13-9(14)6-8(11(16)17)12-10(15)7-4-2-1-3-5-7;;;;;;;;;;;/h2*7-8H,1-6H2,(H,12,15)(H,13,14)(H,16,17);5*1-5,8H,6H2,(H,12,15)(H,13,14)(H,16,17);;;;;;;;;;;/q;;;;;;;3*+2;8*+1/p-14. The zero-order chi connectivity index (χ0) is 89.9. The first-order valence-corrected chi connectivity index (χ1v) is 35.3. The van der Waals surface area contributed by atoms with E-state index in [0.717, 1.165) is 64.2 Å². The monoisotopic (exact) mass is 1960 g/mol. The van der Waals surface area contributed by atoms with Gasteiger partial charge in [-0.1, -0.05) is 130 Å². The summed E-state index contributed by atoms with van der Waals surface area (Å²) in [5.74, 6) is -27.1.